The molecule has 1 unspecified atom stereocenters. The molecule has 86 valence electrons. The third-order valence-corrected chi connectivity index (χ3v) is 2.92. The Hall–Kier alpha value is -1.38. The van der Waals surface area contributed by atoms with Crippen molar-refractivity contribution in [2.45, 2.75) is 32.6 Å². The molecule has 3 heteroatoms. The number of halogens is 1. The second-order valence-corrected chi connectivity index (χ2v) is 4.81. The molecule has 2 nitrogen and oxygen atoms in total. The lowest BCUT2D eigenvalue weighted by Crippen LogP contribution is -2.23. The highest BCUT2D eigenvalue weighted by Crippen LogP contribution is 2.36. The molecule has 0 spiro atoms. The summed E-state index contributed by atoms with van der Waals surface area (Å²) in [6.45, 7) is 4.27. The number of carbonyl (C=O) groups excluding carboxylic acids is 1. The largest absolute Gasteiger partial charge is 0.326 e. The average Bonchev–Trinajstić information content (AvgIpc) is 2.15. The van der Waals surface area contributed by atoms with Crippen LogP contribution in [0.5, 0.6) is 0 Å². The number of anilines is 1. The van der Waals surface area contributed by atoms with Gasteiger partial charge in [-0.25, -0.2) is 4.39 Å². The number of benzene rings is 1. The van der Waals surface area contributed by atoms with E-state index in [1.807, 2.05) is 0 Å². The third kappa shape index (κ3) is 2.23. The van der Waals surface area contributed by atoms with Gasteiger partial charge in [-0.15, -0.1) is 0 Å². The smallest absolute Gasteiger partial charge is 0.224 e. The number of rotatable bonds is 2. The molecule has 0 saturated heterocycles. The van der Waals surface area contributed by atoms with E-state index < -0.39 is 0 Å². The van der Waals surface area contributed by atoms with E-state index in [4.69, 9.17) is 0 Å². The van der Waals surface area contributed by atoms with Crippen molar-refractivity contribution in [2.75, 3.05) is 5.32 Å². The molecule has 1 aliphatic rings. The van der Waals surface area contributed by atoms with Crippen molar-refractivity contribution >= 4 is 11.6 Å². The molecule has 16 heavy (non-hydrogen) atoms. The lowest BCUT2D eigenvalue weighted by Gasteiger charge is -2.26. The highest BCUT2D eigenvalue weighted by Gasteiger charge is 2.25. The molecular weight excluding hydrogens is 205 g/mol. The fraction of sp³-hybridized carbons (Fsp3) is 0.462. The van der Waals surface area contributed by atoms with Crippen LogP contribution in [-0.2, 0) is 4.79 Å². The maximum Gasteiger partial charge on any atom is 0.224 e. The summed E-state index contributed by atoms with van der Waals surface area (Å²) in [6, 6.07) is 4.65. The van der Waals surface area contributed by atoms with Crippen LogP contribution >= 0.6 is 0 Å². The number of carbonyl (C=O) groups is 1. The Morgan fingerprint density at radius 3 is 2.94 bits per heavy atom. The molecule has 0 aromatic heterocycles. The molecule has 1 aromatic rings. The molecule has 0 aliphatic carbocycles. The van der Waals surface area contributed by atoms with E-state index in [1.54, 1.807) is 6.07 Å². The van der Waals surface area contributed by atoms with Gasteiger partial charge >= 0.3 is 0 Å². The van der Waals surface area contributed by atoms with E-state index in [0.717, 1.165) is 12.0 Å². The van der Waals surface area contributed by atoms with Crippen LogP contribution in [0.15, 0.2) is 18.2 Å². The maximum atomic E-state index is 13.1. The van der Waals surface area contributed by atoms with Crippen LogP contribution in [0.3, 0.4) is 0 Å². The van der Waals surface area contributed by atoms with E-state index in [0.29, 0.717) is 18.0 Å². The fourth-order valence-electron chi connectivity index (χ4n) is 2.31. The molecule has 1 heterocycles. The van der Waals surface area contributed by atoms with Crippen LogP contribution in [0.4, 0.5) is 10.1 Å². The van der Waals surface area contributed by atoms with Gasteiger partial charge in [0, 0.05) is 12.1 Å². The zero-order valence-corrected chi connectivity index (χ0v) is 9.59. The Bertz CT molecular complexity index is 414. The topological polar surface area (TPSA) is 29.1 Å². The Balaban J connectivity index is 2.34. The maximum absolute atomic E-state index is 13.1. The van der Waals surface area contributed by atoms with E-state index in [1.165, 1.54) is 12.1 Å². The van der Waals surface area contributed by atoms with E-state index in [-0.39, 0.29) is 17.6 Å². The van der Waals surface area contributed by atoms with Gasteiger partial charge in [0.1, 0.15) is 5.82 Å². The average molecular weight is 221 g/mol. The van der Waals surface area contributed by atoms with Crippen LogP contribution in [0.25, 0.3) is 0 Å². The van der Waals surface area contributed by atoms with Crippen molar-refractivity contribution < 1.29 is 9.18 Å². The Labute approximate surface area is 94.9 Å². The quantitative estimate of drug-likeness (QED) is 0.815. The van der Waals surface area contributed by atoms with Crippen LogP contribution in [0.1, 0.15) is 38.2 Å². The lowest BCUT2D eigenvalue weighted by molar-refractivity contribution is -0.116. The fourth-order valence-corrected chi connectivity index (χ4v) is 2.31. The second kappa shape index (κ2) is 4.24. The number of amides is 1. The molecule has 0 radical (unpaired) electrons. The summed E-state index contributed by atoms with van der Waals surface area (Å²) in [4.78, 5) is 11.5. The van der Waals surface area contributed by atoms with Crippen molar-refractivity contribution in [2.24, 2.45) is 5.92 Å². The monoisotopic (exact) mass is 221 g/mol. The van der Waals surface area contributed by atoms with Gasteiger partial charge < -0.3 is 5.32 Å². The molecule has 2 rings (SSSR count). The van der Waals surface area contributed by atoms with Gasteiger partial charge in [-0.3, -0.25) is 4.79 Å². The summed E-state index contributed by atoms with van der Waals surface area (Å²) in [6.07, 6.45) is 1.48. The standard InChI is InChI=1S/C13H16FNO/c1-8(2)5-9-6-13(16)15-12-7-10(14)3-4-11(9)12/h3-4,7-9H,5-6H2,1-2H3,(H,15,16). The molecule has 1 aromatic carbocycles. The lowest BCUT2D eigenvalue weighted by atomic mass is 9.84. The zero-order valence-electron chi connectivity index (χ0n) is 9.59. The second-order valence-electron chi connectivity index (χ2n) is 4.81. The van der Waals surface area contributed by atoms with Crippen LogP contribution < -0.4 is 5.32 Å². The summed E-state index contributed by atoms with van der Waals surface area (Å²) in [5.41, 5.74) is 1.71. The first kappa shape index (κ1) is 11.1. The summed E-state index contributed by atoms with van der Waals surface area (Å²) in [5.74, 6) is 0.450. The molecule has 1 atom stereocenters. The minimum Gasteiger partial charge on any atom is -0.326 e. The Morgan fingerprint density at radius 2 is 2.25 bits per heavy atom. The Morgan fingerprint density at radius 1 is 1.50 bits per heavy atom. The first-order chi connectivity index (χ1) is 7.56. The van der Waals surface area contributed by atoms with E-state index in [9.17, 15) is 9.18 Å². The predicted molar refractivity (Wildman–Crippen MR) is 61.8 cm³/mol. The molecular formula is C13H16FNO. The molecule has 1 amide bonds. The van der Waals surface area contributed by atoms with Gasteiger partial charge in [-0.1, -0.05) is 19.9 Å². The van der Waals surface area contributed by atoms with Crippen LogP contribution in [0.2, 0.25) is 0 Å². The molecule has 0 bridgehead atoms. The molecule has 1 aliphatic heterocycles. The Kier molecular flexibility index (Phi) is 2.95. The van der Waals surface area contributed by atoms with E-state index in [2.05, 4.69) is 19.2 Å². The third-order valence-electron chi connectivity index (χ3n) is 2.92. The number of hydrogen-bond donors (Lipinski definition) is 1. The van der Waals surface area contributed by atoms with Gasteiger partial charge in [0.15, 0.2) is 0 Å². The summed E-state index contributed by atoms with van der Waals surface area (Å²) in [5, 5.41) is 2.72. The number of nitrogens with one attached hydrogen (secondary N) is 1. The van der Waals surface area contributed by atoms with Crippen LogP contribution in [0, 0.1) is 11.7 Å². The van der Waals surface area contributed by atoms with E-state index >= 15 is 0 Å². The van der Waals surface area contributed by atoms with Gasteiger partial charge in [-0.2, -0.15) is 0 Å². The summed E-state index contributed by atoms with van der Waals surface area (Å²) >= 11 is 0. The summed E-state index contributed by atoms with van der Waals surface area (Å²) < 4.78 is 13.1. The van der Waals surface area contributed by atoms with Crippen molar-refractivity contribution in [3.63, 3.8) is 0 Å². The zero-order chi connectivity index (χ0) is 11.7. The predicted octanol–water partition coefficient (Wildman–Crippen LogP) is 3.30. The normalized spacial score (nSPS) is 19.5. The first-order valence-corrected chi connectivity index (χ1v) is 5.65. The van der Waals surface area contributed by atoms with Gasteiger partial charge in [-0.05, 0) is 36.0 Å². The van der Waals surface area contributed by atoms with Crippen LogP contribution in [-0.4, -0.2) is 5.91 Å². The summed E-state index contributed by atoms with van der Waals surface area (Å²) in [7, 11) is 0. The van der Waals surface area contributed by atoms with Gasteiger partial charge in [0.25, 0.3) is 0 Å². The first-order valence-electron chi connectivity index (χ1n) is 5.65. The minimum absolute atomic E-state index is 0.0104. The van der Waals surface area contributed by atoms with Gasteiger partial charge in [0.2, 0.25) is 5.91 Å². The SMILES string of the molecule is CC(C)CC1CC(=O)Nc2cc(F)ccc21. The van der Waals surface area contributed by atoms with Gasteiger partial charge in [0.05, 0.1) is 0 Å². The minimum atomic E-state index is -0.302. The number of hydrogen-bond acceptors (Lipinski definition) is 1. The highest BCUT2D eigenvalue weighted by atomic mass is 19.1. The molecule has 1 N–H and O–H groups in total. The van der Waals surface area contributed by atoms with Crippen molar-refractivity contribution in [3.8, 4) is 0 Å². The molecule has 0 fully saturated rings. The van der Waals surface area contributed by atoms with Crippen molar-refractivity contribution in [1.29, 1.82) is 0 Å². The van der Waals surface area contributed by atoms with Crippen molar-refractivity contribution in [1.82, 2.24) is 0 Å². The number of fused-ring (bicyclic) bond motifs is 1. The highest BCUT2D eigenvalue weighted by molar-refractivity contribution is 5.94. The molecule has 0 saturated carbocycles. The van der Waals surface area contributed by atoms with Crippen molar-refractivity contribution in [3.05, 3.63) is 29.6 Å².